The van der Waals surface area contributed by atoms with E-state index in [-0.39, 0.29) is 11.2 Å². The van der Waals surface area contributed by atoms with Gasteiger partial charge >= 0.3 is 0 Å². The minimum Gasteiger partial charge on any atom is -0.254 e. The highest BCUT2D eigenvalue weighted by molar-refractivity contribution is 7.85. The third kappa shape index (κ3) is 2.17. The average molecular weight is 233 g/mol. The molecule has 0 aliphatic heterocycles. The summed E-state index contributed by atoms with van der Waals surface area (Å²) in [5.41, 5.74) is 1.17. The summed E-state index contributed by atoms with van der Waals surface area (Å²) in [5, 5.41) is 9.03. The summed E-state index contributed by atoms with van der Waals surface area (Å²) in [6.45, 7) is 2.01. The van der Waals surface area contributed by atoms with Crippen LogP contribution in [-0.4, -0.2) is 9.46 Å². The maximum atomic E-state index is 12.3. The summed E-state index contributed by atoms with van der Waals surface area (Å²) in [5.74, 6) is -0.0258. The van der Waals surface area contributed by atoms with Crippen molar-refractivity contribution in [3.05, 3.63) is 29.8 Å². The molecule has 0 N–H and O–H groups in total. The van der Waals surface area contributed by atoms with Gasteiger partial charge in [-0.15, -0.1) is 0 Å². The topological polar surface area (TPSA) is 40.9 Å². The number of hydrogen-bond donors (Lipinski definition) is 0. The number of nitrogens with zero attached hydrogens (tertiary/aromatic N) is 1. The number of nitriles is 1. The van der Waals surface area contributed by atoms with E-state index in [0.717, 1.165) is 24.2 Å². The monoisotopic (exact) mass is 233 g/mol. The zero-order chi connectivity index (χ0) is 11.5. The van der Waals surface area contributed by atoms with Crippen molar-refractivity contribution in [3.8, 4) is 6.07 Å². The zero-order valence-corrected chi connectivity index (χ0v) is 10.2. The molecule has 3 atom stereocenters. The van der Waals surface area contributed by atoms with E-state index in [9.17, 15) is 4.21 Å². The molecule has 2 rings (SSSR count). The van der Waals surface area contributed by atoms with Crippen LogP contribution in [0.2, 0.25) is 0 Å². The van der Waals surface area contributed by atoms with Crippen molar-refractivity contribution in [3.63, 3.8) is 0 Å². The van der Waals surface area contributed by atoms with Gasteiger partial charge in [-0.2, -0.15) is 5.26 Å². The van der Waals surface area contributed by atoms with Gasteiger partial charge in [0.2, 0.25) is 0 Å². The first kappa shape index (κ1) is 11.3. The fraction of sp³-hybridized carbons (Fsp3) is 0.462. The molecule has 16 heavy (non-hydrogen) atoms. The molecule has 84 valence electrons. The standard InChI is InChI=1S/C13H15NOS/c1-10-5-7-12(8-6-10)16(15)13-4-2-3-11(13)9-14/h5-8,11,13H,2-4H2,1H3. The average Bonchev–Trinajstić information content (AvgIpc) is 2.77. The van der Waals surface area contributed by atoms with E-state index in [1.54, 1.807) is 0 Å². The molecule has 1 fully saturated rings. The molecule has 0 amide bonds. The van der Waals surface area contributed by atoms with Gasteiger partial charge < -0.3 is 0 Å². The van der Waals surface area contributed by atoms with Gasteiger partial charge in [0.05, 0.1) is 28.0 Å². The highest BCUT2D eigenvalue weighted by atomic mass is 32.2. The maximum Gasteiger partial charge on any atom is 0.0668 e. The molecule has 0 aromatic heterocycles. The van der Waals surface area contributed by atoms with E-state index in [1.807, 2.05) is 31.2 Å². The van der Waals surface area contributed by atoms with Gasteiger partial charge in [0, 0.05) is 4.90 Å². The van der Waals surface area contributed by atoms with Gasteiger partial charge in [-0.05, 0) is 31.9 Å². The van der Waals surface area contributed by atoms with Crippen molar-refractivity contribution in [2.45, 2.75) is 36.3 Å². The van der Waals surface area contributed by atoms with Crippen molar-refractivity contribution < 1.29 is 4.21 Å². The van der Waals surface area contributed by atoms with Crippen LogP contribution in [0.4, 0.5) is 0 Å². The Balaban J connectivity index is 2.19. The number of hydrogen-bond acceptors (Lipinski definition) is 2. The molecule has 1 aliphatic rings. The van der Waals surface area contributed by atoms with Crippen LogP contribution in [-0.2, 0) is 10.8 Å². The van der Waals surface area contributed by atoms with Crippen LogP contribution in [0.1, 0.15) is 24.8 Å². The Hall–Kier alpha value is -1.14. The largest absolute Gasteiger partial charge is 0.254 e. The second kappa shape index (κ2) is 4.80. The van der Waals surface area contributed by atoms with Crippen LogP contribution in [0.25, 0.3) is 0 Å². The van der Waals surface area contributed by atoms with E-state index < -0.39 is 10.8 Å². The Morgan fingerprint density at radius 3 is 2.62 bits per heavy atom. The van der Waals surface area contributed by atoms with E-state index in [2.05, 4.69) is 6.07 Å². The molecule has 0 bridgehead atoms. The Labute approximate surface area is 98.7 Å². The quantitative estimate of drug-likeness (QED) is 0.788. The molecular formula is C13H15NOS. The van der Waals surface area contributed by atoms with Gasteiger partial charge in [0.15, 0.2) is 0 Å². The van der Waals surface area contributed by atoms with E-state index in [4.69, 9.17) is 5.26 Å². The second-order valence-corrected chi connectivity index (χ2v) is 5.99. The fourth-order valence-corrected chi connectivity index (χ4v) is 3.81. The van der Waals surface area contributed by atoms with E-state index >= 15 is 0 Å². The SMILES string of the molecule is Cc1ccc(S(=O)C2CCCC2C#N)cc1. The first-order valence-electron chi connectivity index (χ1n) is 5.59. The molecule has 2 nitrogen and oxygen atoms in total. The van der Waals surface area contributed by atoms with Crippen LogP contribution >= 0.6 is 0 Å². The van der Waals surface area contributed by atoms with Gasteiger partial charge in [0.25, 0.3) is 0 Å². The van der Waals surface area contributed by atoms with Crippen molar-refractivity contribution >= 4 is 10.8 Å². The normalized spacial score (nSPS) is 26.2. The van der Waals surface area contributed by atoms with Crippen molar-refractivity contribution in [2.24, 2.45) is 5.92 Å². The van der Waals surface area contributed by atoms with Crippen molar-refractivity contribution in [1.29, 1.82) is 5.26 Å². The summed E-state index contributed by atoms with van der Waals surface area (Å²) >= 11 is 0. The Kier molecular flexibility index (Phi) is 3.40. The highest BCUT2D eigenvalue weighted by Crippen LogP contribution is 2.31. The van der Waals surface area contributed by atoms with Crippen molar-refractivity contribution in [2.75, 3.05) is 0 Å². The van der Waals surface area contributed by atoms with Crippen LogP contribution < -0.4 is 0 Å². The summed E-state index contributed by atoms with van der Waals surface area (Å²) in [6, 6.07) is 10.1. The molecule has 1 aromatic rings. The van der Waals surface area contributed by atoms with Crippen molar-refractivity contribution in [1.82, 2.24) is 0 Å². The number of benzene rings is 1. The summed E-state index contributed by atoms with van der Waals surface area (Å²) in [4.78, 5) is 0.859. The van der Waals surface area contributed by atoms with Crippen LogP contribution in [0.5, 0.6) is 0 Å². The third-order valence-corrected chi connectivity index (χ3v) is 5.00. The third-order valence-electron chi connectivity index (χ3n) is 3.15. The summed E-state index contributed by atoms with van der Waals surface area (Å²) in [7, 11) is -1.02. The molecule has 0 spiro atoms. The molecule has 3 heteroatoms. The summed E-state index contributed by atoms with van der Waals surface area (Å²) in [6.07, 6.45) is 2.85. The number of rotatable bonds is 2. The van der Waals surface area contributed by atoms with Crippen LogP contribution in [0, 0.1) is 24.2 Å². The Bertz CT molecular complexity index is 432. The van der Waals surface area contributed by atoms with E-state index in [1.165, 1.54) is 5.56 Å². The first-order chi connectivity index (χ1) is 7.72. The van der Waals surface area contributed by atoms with Gasteiger partial charge in [-0.1, -0.05) is 24.1 Å². The fourth-order valence-electron chi connectivity index (χ4n) is 2.18. The molecule has 1 aliphatic carbocycles. The minimum atomic E-state index is -1.02. The number of aryl methyl sites for hydroxylation is 1. The smallest absolute Gasteiger partial charge is 0.0668 e. The molecular weight excluding hydrogens is 218 g/mol. The van der Waals surface area contributed by atoms with Gasteiger partial charge in [0.1, 0.15) is 0 Å². The molecule has 0 radical (unpaired) electrons. The molecule has 1 aromatic carbocycles. The molecule has 0 heterocycles. The van der Waals surface area contributed by atoms with Gasteiger partial charge in [-0.3, -0.25) is 4.21 Å². The zero-order valence-electron chi connectivity index (χ0n) is 9.35. The van der Waals surface area contributed by atoms with Gasteiger partial charge in [-0.25, -0.2) is 0 Å². The summed E-state index contributed by atoms with van der Waals surface area (Å²) < 4.78 is 12.3. The maximum absolute atomic E-state index is 12.3. The first-order valence-corrected chi connectivity index (χ1v) is 6.80. The molecule has 3 unspecified atom stereocenters. The van der Waals surface area contributed by atoms with E-state index in [0.29, 0.717) is 0 Å². The predicted molar refractivity (Wildman–Crippen MR) is 64.3 cm³/mol. The molecule has 1 saturated carbocycles. The minimum absolute atomic E-state index is 0.0258. The lowest BCUT2D eigenvalue weighted by Crippen LogP contribution is -2.19. The Morgan fingerprint density at radius 2 is 2.00 bits per heavy atom. The van der Waals surface area contributed by atoms with Crippen LogP contribution in [0.15, 0.2) is 29.2 Å². The lowest BCUT2D eigenvalue weighted by Gasteiger charge is -2.13. The van der Waals surface area contributed by atoms with Crippen LogP contribution in [0.3, 0.4) is 0 Å². The molecule has 0 saturated heterocycles. The Morgan fingerprint density at radius 1 is 1.31 bits per heavy atom. The lowest BCUT2D eigenvalue weighted by atomic mass is 10.1. The second-order valence-electron chi connectivity index (χ2n) is 4.32. The lowest BCUT2D eigenvalue weighted by molar-refractivity contribution is 0.646. The highest BCUT2D eigenvalue weighted by Gasteiger charge is 2.32. The predicted octanol–water partition coefficient (Wildman–Crippen LogP) is 2.79.